The third kappa shape index (κ3) is 5.04. The second-order valence-electron chi connectivity index (χ2n) is 3.17. The first-order valence-corrected chi connectivity index (χ1v) is 6.05. The highest BCUT2D eigenvalue weighted by molar-refractivity contribution is 7.09. The predicted molar refractivity (Wildman–Crippen MR) is 64.3 cm³/mol. The fourth-order valence-corrected chi connectivity index (χ4v) is 1.83. The molecule has 0 fully saturated rings. The normalized spacial score (nSPS) is 10.9. The van der Waals surface area contributed by atoms with Crippen LogP contribution in [0.1, 0.15) is 17.6 Å². The second kappa shape index (κ2) is 7.14. The molecule has 0 aromatic carbocycles. The van der Waals surface area contributed by atoms with Gasteiger partial charge in [-0.05, 0) is 13.8 Å². The molecule has 5 heteroatoms. The van der Waals surface area contributed by atoms with Gasteiger partial charge >= 0.3 is 5.97 Å². The summed E-state index contributed by atoms with van der Waals surface area (Å²) in [6, 6.07) is 0. The average Bonchev–Trinajstić information content (AvgIpc) is 2.64. The minimum Gasteiger partial charge on any atom is -0.463 e. The van der Waals surface area contributed by atoms with Crippen molar-refractivity contribution >= 4 is 17.3 Å². The number of carbonyl (C=O) groups is 1. The van der Waals surface area contributed by atoms with Gasteiger partial charge in [-0.3, -0.25) is 0 Å². The largest absolute Gasteiger partial charge is 0.463 e. The molecule has 16 heavy (non-hydrogen) atoms. The molecule has 0 aliphatic rings. The van der Waals surface area contributed by atoms with E-state index >= 15 is 0 Å². The lowest BCUT2D eigenvalue weighted by atomic mass is 10.5. The summed E-state index contributed by atoms with van der Waals surface area (Å²) < 4.78 is 4.75. The number of ether oxygens (including phenoxy) is 1. The number of aryl methyl sites for hydroxylation is 1. The molecule has 4 nitrogen and oxygen atoms in total. The molecule has 1 rings (SSSR count). The van der Waals surface area contributed by atoms with Crippen LogP contribution >= 0.6 is 11.3 Å². The number of carbonyl (C=O) groups excluding carboxylic acids is 1. The van der Waals surface area contributed by atoms with Gasteiger partial charge in [0.2, 0.25) is 0 Å². The van der Waals surface area contributed by atoms with E-state index in [-0.39, 0.29) is 5.97 Å². The number of rotatable bonds is 6. The first-order valence-electron chi connectivity index (χ1n) is 5.17. The molecule has 1 N–H and O–H groups in total. The molecule has 0 saturated carbocycles. The maximum absolute atomic E-state index is 10.9. The number of thiazole rings is 1. The number of nitrogens with one attached hydrogen (secondary N) is 1. The zero-order valence-electron chi connectivity index (χ0n) is 9.53. The summed E-state index contributed by atoms with van der Waals surface area (Å²) in [7, 11) is 0. The van der Waals surface area contributed by atoms with Gasteiger partial charge in [-0.1, -0.05) is 6.08 Å². The van der Waals surface area contributed by atoms with Crippen molar-refractivity contribution in [1.82, 2.24) is 10.3 Å². The van der Waals surface area contributed by atoms with Crippen LogP contribution in [-0.4, -0.2) is 24.1 Å². The van der Waals surface area contributed by atoms with Crippen molar-refractivity contribution in [3.8, 4) is 0 Å². The van der Waals surface area contributed by atoms with Crippen LogP contribution < -0.4 is 5.32 Å². The van der Waals surface area contributed by atoms with Crippen molar-refractivity contribution < 1.29 is 9.53 Å². The van der Waals surface area contributed by atoms with Crippen molar-refractivity contribution in [2.45, 2.75) is 20.4 Å². The molecule has 0 atom stereocenters. The number of aromatic nitrogens is 1. The zero-order valence-corrected chi connectivity index (χ0v) is 10.3. The molecule has 0 aliphatic carbocycles. The smallest absolute Gasteiger partial charge is 0.330 e. The molecular weight excluding hydrogens is 224 g/mol. The summed E-state index contributed by atoms with van der Waals surface area (Å²) >= 11 is 1.63. The van der Waals surface area contributed by atoms with Gasteiger partial charge in [0.05, 0.1) is 6.61 Å². The van der Waals surface area contributed by atoms with Gasteiger partial charge in [-0.15, -0.1) is 11.3 Å². The molecule has 1 aromatic rings. The van der Waals surface area contributed by atoms with Crippen LogP contribution in [0.4, 0.5) is 0 Å². The quantitative estimate of drug-likeness (QED) is 0.467. The molecule has 0 radical (unpaired) electrons. The Morgan fingerprint density at radius 2 is 2.50 bits per heavy atom. The van der Waals surface area contributed by atoms with E-state index in [1.54, 1.807) is 24.3 Å². The predicted octanol–water partition coefficient (Wildman–Crippen LogP) is 1.66. The summed E-state index contributed by atoms with van der Waals surface area (Å²) in [5, 5.41) is 6.24. The Morgan fingerprint density at radius 1 is 1.69 bits per heavy atom. The Balaban J connectivity index is 2.14. The van der Waals surface area contributed by atoms with Crippen molar-refractivity contribution in [3.63, 3.8) is 0 Å². The lowest BCUT2D eigenvalue weighted by Crippen LogP contribution is -2.13. The van der Waals surface area contributed by atoms with Crippen LogP contribution in [0.2, 0.25) is 0 Å². The van der Waals surface area contributed by atoms with E-state index in [4.69, 9.17) is 4.74 Å². The summed E-state index contributed by atoms with van der Waals surface area (Å²) in [5.41, 5.74) is 1.05. The lowest BCUT2D eigenvalue weighted by Gasteiger charge is -1.97. The second-order valence-corrected chi connectivity index (χ2v) is 4.11. The Bertz CT molecular complexity index is 361. The highest BCUT2D eigenvalue weighted by Crippen LogP contribution is 2.07. The molecule has 1 aromatic heterocycles. The van der Waals surface area contributed by atoms with Gasteiger partial charge in [0.25, 0.3) is 0 Å². The third-order valence-corrected chi connectivity index (χ3v) is 2.71. The van der Waals surface area contributed by atoms with Gasteiger partial charge in [-0.2, -0.15) is 0 Å². The summed E-state index contributed by atoms with van der Waals surface area (Å²) in [6.45, 7) is 5.54. The lowest BCUT2D eigenvalue weighted by molar-refractivity contribution is -0.137. The van der Waals surface area contributed by atoms with E-state index in [1.165, 1.54) is 6.08 Å². The van der Waals surface area contributed by atoms with Crippen molar-refractivity contribution in [2.24, 2.45) is 0 Å². The fourth-order valence-electron chi connectivity index (χ4n) is 1.09. The summed E-state index contributed by atoms with van der Waals surface area (Å²) in [6.07, 6.45) is 3.18. The molecule has 0 saturated heterocycles. The van der Waals surface area contributed by atoms with E-state index in [2.05, 4.69) is 10.3 Å². The first kappa shape index (κ1) is 12.9. The highest BCUT2D eigenvalue weighted by atomic mass is 32.1. The monoisotopic (exact) mass is 240 g/mol. The van der Waals surface area contributed by atoms with E-state index in [1.807, 2.05) is 12.3 Å². The molecule has 0 aliphatic heterocycles. The van der Waals surface area contributed by atoms with Crippen molar-refractivity contribution in [3.05, 3.63) is 28.2 Å². The van der Waals surface area contributed by atoms with E-state index in [9.17, 15) is 4.79 Å². The molecule has 1 heterocycles. The van der Waals surface area contributed by atoms with Gasteiger partial charge in [-0.25, -0.2) is 9.78 Å². The SMILES string of the molecule is CCOC(=O)/C=C/CNCc1nc(C)cs1. The number of hydrogen-bond donors (Lipinski definition) is 1. The Morgan fingerprint density at radius 3 is 3.12 bits per heavy atom. The molecule has 0 unspecified atom stereocenters. The average molecular weight is 240 g/mol. The van der Waals surface area contributed by atoms with Crippen molar-refractivity contribution in [1.29, 1.82) is 0 Å². The van der Waals surface area contributed by atoms with Crippen LogP contribution in [0.5, 0.6) is 0 Å². The minimum atomic E-state index is -0.297. The van der Waals surface area contributed by atoms with Gasteiger partial charge in [0, 0.05) is 30.2 Å². The standard InChI is InChI=1S/C11H16N2O2S/c1-3-15-11(14)5-4-6-12-7-10-13-9(2)8-16-10/h4-5,8,12H,3,6-7H2,1-2H3/b5-4+. The first-order chi connectivity index (χ1) is 7.72. The Labute approximate surface area is 99.3 Å². The minimum absolute atomic E-state index is 0.297. The van der Waals surface area contributed by atoms with Crippen molar-refractivity contribution in [2.75, 3.05) is 13.2 Å². The molecule has 0 bridgehead atoms. The van der Waals surface area contributed by atoms with E-state index in [0.29, 0.717) is 13.2 Å². The van der Waals surface area contributed by atoms with Crippen LogP contribution in [-0.2, 0) is 16.1 Å². The molecule has 0 spiro atoms. The highest BCUT2D eigenvalue weighted by Gasteiger charge is 1.96. The summed E-state index contributed by atoms with van der Waals surface area (Å²) in [5.74, 6) is -0.297. The van der Waals surface area contributed by atoms with Gasteiger partial charge in [0.15, 0.2) is 0 Å². The Hall–Kier alpha value is -1.20. The fraction of sp³-hybridized carbons (Fsp3) is 0.455. The number of hydrogen-bond acceptors (Lipinski definition) is 5. The maximum Gasteiger partial charge on any atom is 0.330 e. The van der Waals surface area contributed by atoms with E-state index in [0.717, 1.165) is 17.2 Å². The van der Waals surface area contributed by atoms with Crippen LogP contribution in [0.15, 0.2) is 17.5 Å². The van der Waals surface area contributed by atoms with Gasteiger partial charge < -0.3 is 10.1 Å². The molecular formula is C11H16N2O2S. The van der Waals surface area contributed by atoms with Crippen LogP contribution in [0, 0.1) is 6.92 Å². The molecule has 88 valence electrons. The third-order valence-electron chi connectivity index (χ3n) is 1.75. The topological polar surface area (TPSA) is 51.2 Å². The zero-order chi connectivity index (χ0) is 11.8. The Kier molecular flexibility index (Phi) is 5.74. The number of esters is 1. The van der Waals surface area contributed by atoms with Crippen LogP contribution in [0.3, 0.4) is 0 Å². The van der Waals surface area contributed by atoms with Crippen LogP contribution in [0.25, 0.3) is 0 Å². The van der Waals surface area contributed by atoms with Gasteiger partial charge in [0.1, 0.15) is 5.01 Å². The molecule has 0 amide bonds. The number of nitrogens with zero attached hydrogens (tertiary/aromatic N) is 1. The van der Waals surface area contributed by atoms with E-state index < -0.39 is 0 Å². The maximum atomic E-state index is 10.9. The summed E-state index contributed by atoms with van der Waals surface area (Å²) in [4.78, 5) is 15.2.